The van der Waals surface area contributed by atoms with Crippen molar-refractivity contribution in [3.63, 3.8) is 0 Å². The number of rotatable bonds is 7. The molecule has 7 nitrogen and oxygen atoms in total. The van der Waals surface area contributed by atoms with Crippen molar-refractivity contribution >= 4 is 5.91 Å². The van der Waals surface area contributed by atoms with Gasteiger partial charge >= 0.3 is 0 Å². The van der Waals surface area contributed by atoms with E-state index in [9.17, 15) is 4.79 Å². The van der Waals surface area contributed by atoms with Gasteiger partial charge in [-0.05, 0) is 59.6 Å². The van der Waals surface area contributed by atoms with Gasteiger partial charge in [-0.2, -0.15) is 5.10 Å². The molecular weight excluding hydrogens is 412 g/mol. The second-order valence-corrected chi connectivity index (χ2v) is 9.21. The number of carbonyl (C=O) groups excluding carboxylic acids is 1. The Morgan fingerprint density at radius 3 is 2.58 bits per heavy atom. The van der Waals surface area contributed by atoms with Crippen LogP contribution in [-0.4, -0.2) is 37.1 Å². The van der Waals surface area contributed by atoms with E-state index in [1.165, 1.54) is 11.3 Å². The Hall–Kier alpha value is -3.06. The molecular formula is C26H34N6O. The lowest BCUT2D eigenvalue weighted by Gasteiger charge is -2.24. The summed E-state index contributed by atoms with van der Waals surface area (Å²) in [7, 11) is 0. The van der Waals surface area contributed by atoms with Crippen molar-refractivity contribution in [3.05, 3.63) is 76.1 Å². The first-order chi connectivity index (χ1) is 15.8. The summed E-state index contributed by atoms with van der Waals surface area (Å²) in [6.07, 6.45) is 3.82. The Bertz CT molecular complexity index is 1120. The first-order valence-corrected chi connectivity index (χ1v) is 11.8. The fourth-order valence-corrected chi connectivity index (χ4v) is 4.68. The van der Waals surface area contributed by atoms with E-state index in [0.29, 0.717) is 18.2 Å². The van der Waals surface area contributed by atoms with Crippen molar-refractivity contribution in [3.8, 4) is 0 Å². The largest absolute Gasteiger partial charge is 0.348 e. The minimum atomic E-state index is -0.140. The molecule has 1 atom stereocenters. The molecule has 2 aromatic heterocycles. The standard InChI is InChI=1S/C26H34N6O/c1-17(2)32-20(5)23(19(4)30-32)16-31-13-9-12-24(31)25-27-15-22(18(3)29-25)26(33)28-14-21-10-7-6-8-11-21/h6-8,10-11,15,17,24H,9,12-14,16H2,1-5H3,(H,28,33). The average molecular weight is 447 g/mol. The van der Waals surface area contributed by atoms with Crippen LogP contribution in [0.25, 0.3) is 0 Å². The van der Waals surface area contributed by atoms with Gasteiger partial charge in [-0.25, -0.2) is 9.97 Å². The third-order valence-electron chi connectivity index (χ3n) is 6.53. The Labute approximate surface area is 196 Å². The fraction of sp³-hybridized carbons (Fsp3) is 0.462. The number of nitrogens with one attached hydrogen (secondary N) is 1. The maximum Gasteiger partial charge on any atom is 0.254 e. The molecule has 1 N–H and O–H groups in total. The molecule has 0 saturated carbocycles. The molecule has 1 fully saturated rings. The molecule has 1 unspecified atom stereocenters. The number of hydrogen-bond acceptors (Lipinski definition) is 5. The number of aryl methyl sites for hydroxylation is 2. The summed E-state index contributed by atoms with van der Waals surface area (Å²) in [5.74, 6) is 0.662. The van der Waals surface area contributed by atoms with Gasteiger partial charge in [0.1, 0.15) is 5.82 Å². The van der Waals surface area contributed by atoms with E-state index in [-0.39, 0.29) is 11.9 Å². The molecule has 1 saturated heterocycles. The molecule has 0 spiro atoms. The van der Waals surface area contributed by atoms with Crippen LogP contribution in [-0.2, 0) is 13.1 Å². The number of likely N-dealkylation sites (tertiary alicyclic amines) is 1. The van der Waals surface area contributed by atoms with Gasteiger partial charge in [0.2, 0.25) is 0 Å². The van der Waals surface area contributed by atoms with E-state index >= 15 is 0 Å². The molecule has 3 aromatic rings. The smallest absolute Gasteiger partial charge is 0.254 e. The first-order valence-electron chi connectivity index (χ1n) is 11.8. The van der Waals surface area contributed by atoms with Gasteiger partial charge < -0.3 is 5.32 Å². The third kappa shape index (κ3) is 4.98. The highest BCUT2D eigenvalue weighted by molar-refractivity contribution is 5.94. The number of benzene rings is 1. The van der Waals surface area contributed by atoms with Gasteiger partial charge in [0.15, 0.2) is 0 Å². The number of carbonyl (C=O) groups is 1. The summed E-state index contributed by atoms with van der Waals surface area (Å²) >= 11 is 0. The molecule has 0 bridgehead atoms. The number of amides is 1. The molecule has 4 rings (SSSR count). The normalized spacial score (nSPS) is 16.5. The van der Waals surface area contributed by atoms with Crippen LogP contribution in [0.4, 0.5) is 0 Å². The highest BCUT2D eigenvalue weighted by atomic mass is 16.1. The summed E-state index contributed by atoms with van der Waals surface area (Å²) in [5, 5.41) is 7.72. The quantitative estimate of drug-likeness (QED) is 0.580. The van der Waals surface area contributed by atoms with Crippen molar-refractivity contribution < 1.29 is 4.79 Å². The van der Waals surface area contributed by atoms with Crippen LogP contribution < -0.4 is 5.32 Å². The zero-order valence-electron chi connectivity index (χ0n) is 20.3. The minimum absolute atomic E-state index is 0.140. The second kappa shape index (κ2) is 9.83. The molecule has 0 aliphatic carbocycles. The SMILES string of the molecule is Cc1nc(C2CCCN2Cc2c(C)nn(C(C)C)c2C)ncc1C(=O)NCc1ccccc1. The van der Waals surface area contributed by atoms with E-state index in [1.54, 1.807) is 6.20 Å². The highest BCUT2D eigenvalue weighted by Crippen LogP contribution is 2.33. The molecule has 3 heterocycles. The van der Waals surface area contributed by atoms with E-state index in [1.807, 2.05) is 37.3 Å². The number of hydrogen-bond donors (Lipinski definition) is 1. The van der Waals surface area contributed by atoms with Crippen molar-refractivity contribution in [1.29, 1.82) is 0 Å². The van der Waals surface area contributed by atoms with Gasteiger partial charge in [-0.15, -0.1) is 0 Å². The predicted octanol–water partition coefficient (Wildman–Crippen LogP) is 4.45. The van der Waals surface area contributed by atoms with Crippen LogP contribution in [0.2, 0.25) is 0 Å². The lowest BCUT2D eigenvalue weighted by molar-refractivity contribution is 0.0949. The molecule has 1 aliphatic heterocycles. The number of nitrogens with zero attached hydrogens (tertiary/aromatic N) is 5. The van der Waals surface area contributed by atoms with Crippen LogP contribution >= 0.6 is 0 Å². The van der Waals surface area contributed by atoms with Crippen LogP contribution in [0.5, 0.6) is 0 Å². The minimum Gasteiger partial charge on any atom is -0.348 e. The first kappa shape index (κ1) is 23.1. The van der Waals surface area contributed by atoms with Gasteiger partial charge in [0, 0.05) is 36.6 Å². The van der Waals surface area contributed by atoms with E-state index in [4.69, 9.17) is 10.1 Å². The third-order valence-corrected chi connectivity index (χ3v) is 6.53. The second-order valence-electron chi connectivity index (χ2n) is 9.21. The maximum absolute atomic E-state index is 12.7. The Balaban J connectivity index is 1.47. The zero-order chi connectivity index (χ0) is 23.5. The Morgan fingerprint density at radius 1 is 1.15 bits per heavy atom. The van der Waals surface area contributed by atoms with Crippen LogP contribution in [0, 0.1) is 20.8 Å². The Kier molecular flexibility index (Phi) is 6.88. The fourth-order valence-electron chi connectivity index (χ4n) is 4.68. The summed E-state index contributed by atoms with van der Waals surface area (Å²) in [5.41, 5.74) is 5.94. The van der Waals surface area contributed by atoms with Gasteiger partial charge in [0.05, 0.1) is 23.0 Å². The van der Waals surface area contributed by atoms with E-state index in [2.05, 4.69) is 47.6 Å². The molecule has 33 heavy (non-hydrogen) atoms. The monoisotopic (exact) mass is 446 g/mol. The lowest BCUT2D eigenvalue weighted by atomic mass is 10.1. The van der Waals surface area contributed by atoms with E-state index < -0.39 is 0 Å². The lowest BCUT2D eigenvalue weighted by Crippen LogP contribution is -2.27. The Morgan fingerprint density at radius 2 is 1.91 bits per heavy atom. The van der Waals surface area contributed by atoms with Gasteiger partial charge in [-0.3, -0.25) is 14.4 Å². The average Bonchev–Trinajstić information content (AvgIpc) is 3.38. The zero-order valence-corrected chi connectivity index (χ0v) is 20.3. The summed E-state index contributed by atoms with van der Waals surface area (Å²) in [6.45, 7) is 12.8. The van der Waals surface area contributed by atoms with Crippen LogP contribution in [0.15, 0.2) is 36.5 Å². The molecule has 0 radical (unpaired) electrons. The summed E-state index contributed by atoms with van der Waals surface area (Å²) in [6, 6.07) is 10.4. The molecule has 1 aliphatic rings. The highest BCUT2D eigenvalue weighted by Gasteiger charge is 2.30. The maximum atomic E-state index is 12.7. The molecule has 174 valence electrons. The summed E-state index contributed by atoms with van der Waals surface area (Å²) in [4.78, 5) is 24.5. The van der Waals surface area contributed by atoms with Crippen LogP contribution in [0.3, 0.4) is 0 Å². The molecule has 7 heteroatoms. The van der Waals surface area contributed by atoms with Crippen molar-refractivity contribution in [2.24, 2.45) is 0 Å². The number of aromatic nitrogens is 4. The van der Waals surface area contributed by atoms with Crippen molar-refractivity contribution in [2.45, 2.75) is 72.6 Å². The van der Waals surface area contributed by atoms with Crippen LogP contribution in [0.1, 0.15) is 83.2 Å². The predicted molar refractivity (Wildman–Crippen MR) is 129 cm³/mol. The molecule has 1 amide bonds. The van der Waals surface area contributed by atoms with E-state index in [0.717, 1.165) is 48.7 Å². The van der Waals surface area contributed by atoms with Crippen molar-refractivity contribution in [1.82, 2.24) is 30.0 Å². The topological polar surface area (TPSA) is 75.9 Å². The van der Waals surface area contributed by atoms with Gasteiger partial charge in [-0.1, -0.05) is 30.3 Å². The summed E-state index contributed by atoms with van der Waals surface area (Å²) < 4.78 is 2.11. The van der Waals surface area contributed by atoms with Crippen molar-refractivity contribution in [2.75, 3.05) is 6.54 Å². The van der Waals surface area contributed by atoms with Gasteiger partial charge in [0.25, 0.3) is 5.91 Å². The molecule has 1 aromatic carbocycles.